The Morgan fingerprint density at radius 2 is 1.90 bits per heavy atom. The molecule has 0 fully saturated rings. The molecule has 0 aliphatic rings. The number of nitrogens with one attached hydrogen (secondary N) is 1. The van der Waals surface area contributed by atoms with E-state index in [0.29, 0.717) is 12.1 Å². The van der Waals surface area contributed by atoms with Gasteiger partial charge in [-0.1, -0.05) is 18.2 Å². The predicted octanol–water partition coefficient (Wildman–Crippen LogP) is 3.51. The molecule has 0 aliphatic heterocycles. The van der Waals surface area contributed by atoms with Gasteiger partial charge in [-0.3, -0.25) is 4.79 Å². The van der Waals surface area contributed by atoms with Gasteiger partial charge in [0.05, 0.1) is 5.69 Å². The molecule has 4 heteroatoms. The lowest BCUT2D eigenvalue weighted by atomic mass is 10.1. The summed E-state index contributed by atoms with van der Waals surface area (Å²) in [5, 5.41) is 2.89. The summed E-state index contributed by atoms with van der Waals surface area (Å²) in [4.78, 5) is 12.2. The molecular weight excluding hydrogens is 316 g/mol. The minimum atomic E-state index is -0.117. The lowest BCUT2D eigenvalue weighted by molar-refractivity contribution is 0.102. The lowest BCUT2D eigenvalue weighted by Gasteiger charge is -2.08. The van der Waals surface area contributed by atoms with E-state index in [4.69, 9.17) is 5.73 Å². The fraction of sp³-hybridized carbons (Fsp3) is 0.188. The Morgan fingerprint density at radius 1 is 1.20 bits per heavy atom. The van der Waals surface area contributed by atoms with E-state index in [2.05, 4.69) is 21.2 Å². The van der Waals surface area contributed by atoms with E-state index in [0.717, 1.165) is 27.7 Å². The number of amides is 1. The lowest BCUT2D eigenvalue weighted by Crippen LogP contribution is -2.12. The van der Waals surface area contributed by atoms with Crippen molar-refractivity contribution in [3.8, 4) is 0 Å². The molecule has 0 aliphatic carbocycles. The Hall–Kier alpha value is -1.65. The van der Waals surface area contributed by atoms with E-state index in [-0.39, 0.29) is 5.91 Å². The molecule has 0 atom stereocenters. The molecule has 0 aromatic heterocycles. The second-order valence-electron chi connectivity index (χ2n) is 4.67. The molecular formula is C16H17BrN2O. The van der Waals surface area contributed by atoms with Crippen LogP contribution in [0.2, 0.25) is 0 Å². The first-order chi connectivity index (χ1) is 9.60. The smallest absolute Gasteiger partial charge is 0.255 e. The highest BCUT2D eigenvalue weighted by molar-refractivity contribution is 9.10. The number of nitrogens with two attached hydrogens (primary N) is 1. The average molecular weight is 333 g/mol. The molecule has 0 unspecified atom stereocenters. The van der Waals surface area contributed by atoms with Gasteiger partial charge in [-0.15, -0.1) is 0 Å². The van der Waals surface area contributed by atoms with E-state index in [1.54, 1.807) is 0 Å². The highest BCUT2D eigenvalue weighted by Crippen LogP contribution is 2.23. The number of carbonyl (C=O) groups is 1. The number of benzene rings is 2. The molecule has 0 spiro atoms. The SMILES string of the molecule is Cc1ccc(NC(=O)c2ccc(CCN)cc2)c(Br)c1. The van der Waals surface area contributed by atoms with Crippen molar-refractivity contribution in [2.45, 2.75) is 13.3 Å². The van der Waals surface area contributed by atoms with Gasteiger partial charge < -0.3 is 11.1 Å². The van der Waals surface area contributed by atoms with Crippen molar-refractivity contribution in [1.29, 1.82) is 0 Å². The van der Waals surface area contributed by atoms with Gasteiger partial charge in [-0.25, -0.2) is 0 Å². The average Bonchev–Trinajstić information content (AvgIpc) is 2.43. The van der Waals surface area contributed by atoms with Crippen molar-refractivity contribution in [2.75, 3.05) is 11.9 Å². The quantitative estimate of drug-likeness (QED) is 0.900. The summed E-state index contributed by atoms with van der Waals surface area (Å²) in [6, 6.07) is 13.3. The maximum absolute atomic E-state index is 12.2. The summed E-state index contributed by atoms with van der Waals surface area (Å²) in [6.45, 7) is 2.62. The number of aryl methyl sites for hydroxylation is 1. The highest BCUT2D eigenvalue weighted by atomic mass is 79.9. The fourth-order valence-electron chi connectivity index (χ4n) is 1.91. The van der Waals surface area contributed by atoms with Crippen LogP contribution < -0.4 is 11.1 Å². The molecule has 0 bridgehead atoms. The van der Waals surface area contributed by atoms with Crippen molar-refractivity contribution >= 4 is 27.5 Å². The van der Waals surface area contributed by atoms with Crippen molar-refractivity contribution in [3.05, 3.63) is 63.6 Å². The Labute approximate surface area is 127 Å². The maximum Gasteiger partial charge on any atom is 0.255 e. The topological polar surface area (TPSA) is 55.1 Å². The second-order valence-corrected chi connectivity index (χ2v) is 5.53. The molecule has 3 nitrogen and oxygen atoms in total. The first-order valence-electron chi connectivity index (χ1n) is 6.46. The molecule has 0 heterocycles. The summed E-state index contributed by atoms with van der Waals surface area (Å²) >= 11 is 3.45. The molecule has 1 amide bonds. The normalized spacial score (nSPS) is 10.3. The van der Waals surface area contributed by atoms with E-state index >= 15 is 0 Å². The van der Waals surface area contributed by atoms with Crippen LogP contribution in [0.15, 0.2) is 46.9 Å². The zero-order chi connectivity index (χ0) is 14.5. The third-order valence-corrected chi connectivity index (χ3v) is 3.68. The summed E-state index contributed by atoms with van der Waals surface area (Å²) in [6.07, 6.45) is 0.825. The standard InChI is InChI=1S/C16H17BrN2O/c1-11-2-7-15(14(17)10-11)19-16(20)13-5-3-12(4-6-13)8-9-18/h2-7,10H,8-9,18H2,1H3,(H,19,20). The van der Waals surface area contributed by atoms with Crippen LogP contribution in [0.5, 0.6) is 0 Å². The largest absolute Gasteiger partial charge is 0.330 e. The summed E-state index contributed by atoms with van der Waals surface area (Å²) in [7, 11) is 0. The molecule has 2 aromatic rings. The van der Waals surface area contributed by atoms with E-state index < -0.39 is 0 Å². The first kappa shape index (κ1) is 14.8. The van der Waals surface area contributed by atoms with Gasteiger partial charge in [-0.2, -0.15) is 0 Å². The molecule has 20 heavy (non-hydrogen) atoms. The number of carbonyl (C=O) groups excluding carboxylic acids is 1. The fourth-order valence-corrected chi connectivity index (χ4v) is 2.50. The van der Waals surface area contributed by atoms with Crippen LogP contribution in [0.25, 0.3) is 0 Å². The van der Waals surface area contributed by atoms with Gasteiger partial charge in [0.2, 0.25) is 0 Å². The van der Waals surface area contributed by atoms with E-state index in [1.165, 1.54) is 0 Å². The van der Waals surface area contributed by atoms with Gasteiger partial charge in [0.25, 0.3) is 5.91 Å². The maximum atomic E-state index is 12.2. The van der Waals surface area contributed by atoms with Crippen molar-refractivity contribution in [3.63, 3.8) is 0 Å². The number of hydrogen-bond donors (Lipinski definition) is 2. The molecule has 104 valence electrons. The van der Waals surface area contributed by atoms with Gasteiger partial charge in [0, 0.05) is 10.0 Å². The second kappa shape index (κ2) is 6.68. The summed E-state index contributed by atoms with van der Waals surface area (Å²) in [5.41, 5.74) is 9.19. The summed E-state index contributed by atoms with van der Waals surface area (Å²) < 4.78 is 0.880. The monoisotopic (exact) mass is 332 g/mol. The minimum Gasteiger partial charge on any atom is -0.330 e. The van der Waals surface area contributed by atoms with Gasteiger partial charge in [0.15, 0.2) is 0 Å². The van der Waals surface area contributed by atoms with Gasteiger partial charge in [-0.05, 0) is 71.2 Å². The van der Waals surface area contributed by atoms with E-state index in [1.807, 2.05) is 49.4 Å². The Balaban J connectivity index is 2.11. The van der Waals surface area contributed by atoms with Crippen LogP contribution in [0.4, 0.5) is 5.69 Å². The van der Waals surface area contributed by atoms with Crippen LogP contribution >= 0.6 is 15.9 Å². The minimum absolute atomic E-state index is 0.117. The molecule has 3 N–H and O–H groups in total. The molecule has 2 aromatic carbocycles. The molecule has 2 rings (SSSR count). The zero-order valence-corrected chi connectivity index (χ0v) is 12.9. The molecule has 0 saturated carbocycles. The Bertz CT molecular complexity index is 608. The van der Waals surface area contributed by atoms with Crippen LogP contribution in [-0.4, -0.2) is 12.5 Å². The van der Waals surface area contributed by atoms with Crippen LogP contribution in [0.3, 0.4) is 0 Å². The van der Waals surface area contributed by atoms with Crippen molar-refractivity contribution in [1.82, 2.24) is 0 Å². The number of halogens is 1. The Morgan fingerprint density at radius 3 is 2.50 bits per heavy atom. The third-order valence-electron chi connectivity index (χ3n) is 3.02. The van der Waals surface area contributed by atoms with Crippen molar-refractivity contribution in [2.24, 2.45) is 5.73 Å². The first-order valence-corrected chi connectivity index (χ1v) is 7.26. The Kier molecular flexibility index (Phi) is 4.93. The number of hydrogen-bond acceptors (Lipinski definition) is 2. The summed E-state index contributed by atoms with van der Waals surface area (Å²) in [5.74, 6) is -0.117. The molecule has 0 saturated heterocycles. The number of rotatable bonds is 4. The van der Waals surface area contributed by atoms with Crippen LogP contribution in [0, 0.1) is 6.92 Å². The van der Waals surface area contributed by atoms with Crippen molar-refractivity contribution < 1.29 is 4.79 Å². The zero-order valence-electron chi connectivity index (χ0n) is 11.3. The van der Waals surface area contributed by atoms with Crippen LogP contribution in [0.1, 0.15) is 21.5 Å². The predicted molar refractivity (Wildman–Crippen MR) is 86.0 cm³/mol. The van der Waals surface area contributed by atoms with Gasteiger partial charge in [0.1, 0.15) is 0 Å². The number of anilines is 1. The van der Waals surface area contributed by atoms with Gasteiger partial charge >= 0.3 is 0 Å². The highest BCUT2D eigenvalue weighted by Gasteiger charge is 2.08. The third kappa shape index (κ3) is 3.68. The van der Waals surface area contributed by atoms with E-state index in [9.17, 15) is 4.79 Å². The molecule has 0 radical (unpaired) electrons. The van der Waals surface area contributed by atoms with Crippen LogP contribution in [-0.2, 0) is 6.42 Å².